The van der Waals surface area contributed by atoms with E-state index in [1.165, 1.54) is 44.9 Å². The Kier molecular flexibility index (Phi) is 45.7. The molecule has 0 aliphatic carbocycles. The zero-order valence-corrected chi connectivity index (χ0v) is 53.8. The molecule has 1 amide bonds. The van der Waals surface area contributed by atoms with Gasteiger partial charge < -0.3 is 89.9 Å². The molecule has 0 radical (unpaired) electrons. The maximum atomic E-state index is 13.3. The molecule has 0 saturated carbocycles. The van der Waals surface area contributed by atoms with E-state index in [4.69, 9.17) is 28.4 Å². The van der Waals surface area contributed by atoms with Crippen LogP contribution in [0.15, 0.2) is 134 Å². The first-order valence-electron chi connectivity index (χ1n) is 33.4. The van der Waals surface area contributed by atoms with Gasteiger partial charge in [0.1, 0.15) is 73.2 Å². The topological polar surface area (TPSA) is 307 Å². The van der Waals surface area contributed by atoms with Gasteiger partial charge in [0.15, 0.2) is 18.9 Å². The quantitative estimate of drug-likeness (QED) is 0.0202. The van der Waals surface area contributed by atoms with Crippen LogP contribution in [-0.4, -0.2) is 193 Å². The number of hydrogen-bond acceptors (Lipinski definition) is 18. The van der Waals surface area contributed by atoms with Crippen molar-refractivity contribution in [3.05, 3.63) is 134 Å². The number of rotatable bonds is 48. The lowest BCUT2D eigenvalue weighted by atomic mass is 9.96. The molecule has 3 rings (SSSR count). The van der Waals surface area contributed by atoms with Crippen LogP contribution in [0.4, 0.5) is 0 Å². The first-order valence-corrected chi connectivity index (χ1v) is 33.4. The molecule has 3 heterocycles. The maximum absolute atomic E-state index is 13.3. The first kappa shape index (κ1) is 80.2. The van der Waals surface area contributed by atoms with Crippen LogP contribution in [0.25, 0.3) is 0 Å². The van der Waals surface area contributed by atoms with Crippen LogP contribution in [0.2, 0.25) is 0 Å². The number of amides is 1. The molecule has 0 aromatic carbocycles. The number of carbonyl (C=O) groups is 1. The number of nitrogens with one attached hydrogen (secondary N) is 1. The summed E-state index contributed by atoms with van der Waals surface area (Å²) >= 11 is 0. The highest BCUT2D eigenvalue weighted by Gasteiger charge is 2.53. The molecule has 512 valence electrons. The molecular weight excluding hydrogens is 1150 g/mol. The Bertz CT molecular complexity index is 2150. The molecule has 0 bridgehead atoms. The fourth-order valence-electron chi connectivity index (χ4n) is 10.3. The number of aliphatic hydroxyl groups is 11. The van der Waals surface area contributed by atoms with Crippen LogP contribution in [0.1, 0.15) is 174 Å². The summed E-state index contributed by atoms with van der Waals surface area (Å²) in [5.41, 5.74) is 0. The standard InChI is InChI=1S/C71H115NO18/c1-3-5-7-9-11-13-15-17-18-19-20-21-22-23-24-25-26-27-28-29-30-31-32-33-34-35-36-37-39-41-43-45-47-49-59(77)72-54(55(76)48-46-44-42-40-38-16-14-12-10-8-6-4-2)53-85-69-65(83)62(80)67(57(51-74)87-69)90-71-66(84)63(81)68(58(52-75)88-71)89-70-64(82)61(79)60(78)56(50-73)86-70/h5,7,11,13,17-18,20-21,23-24,26-27,29-30,32-33,35-36,39,41,46,48,54-58,60-71,73-76,78-84H,3-4,6,8-10,12,14-16,19,22,25,28,31,34,37-38,40,42-45,47,49-53H2,1-2H3,(H,72,77)/b7-5-,13-11-,18-17-,21-20-,24-23-,27-26-,30-29-,33-32-,36-35-,41-39-,48-46+. The molecule has 90 heavy (non-hydrogen) atoms. The van der Waals surface area contributed by atoms with Gasteiger partial charge in [0.25, 0.3) is 0 Å². The molecule has 19 heteroatoms. The van der Waals surface area contributed by atoms with E-state index in [1.807, 2.05) is 6.08 Å². The van der Waals surface area contributed by atoms with Gasteiger partial charge in [-0.25, -0.2) is 0 Å². The Balaban J connectivity index is 1.42. The van der Waals surface area contributed by atoms with Crippen molar-refractivity contribution in [1.82, 2.24) is 5.32 Å². The Hall–Kier alpha value is -4.07. The van der Waals surface area contributed by atoms with E-state index in [0.29, 0.717) is 6.42 Å². The molecular formula is C71H115NO18. The van der Waals surface area contributed by atoms with Crippen molar-refractivity contribution in [2.45, 2.75) is 279 Å². The number of carbonyl (C=O) groups excluding carboxylic acids is 1. The lowest BCUT2D eigenvalue weighted by Gasteiger charge is -2.48. The number of ether oxygens (including phenoxy) is 6. The SMILES string of the molecule is CC/C=C\C/C=C\C/C=C\C/C=C\C/C=C\C/C=C\C/C=C\C/C=C\C/C=C\C/C=C\CCCCC(=O)NC(COC1OC(CO)C(OC2OC(CO)C(OC3OC(CO)C(O)C(O)C3O)C(O)C2O)C(O)C1O)C(O)/C=C/CCCCCCCCCCCC. The minimum atomic E-state index is -1.99. The van der Waals surface area contributed by atoms with Gasteiger partial charge in [-0.3, -0.25) is 4.79 Å². The minimum Gasteiger partial charge on any atom is -0.394 e. The van der Waals surface area contributed by atoms with Crippen LogP contribution >= 0.6 is 0 Å². The van der Waals surface area contributed by atoms with E-state index in [0.717, 1.165) is 103 Å². The average Bonchev–Trinajstić information content (AvgIpc) is 0.864. The van der Waals surface area contributed by atoms with Gasteiger partial charge in [0.05, 0.1) is 38.6 Å². The minimum absolute atomic E-state index is 0.178. The van der Waals surface area contributed by atoms with E-state index in [2.05, 4.69) is 141 Å². The van der Waals surface area contributed by atoms with E-state index < -0.39 is 124 Å². The van der Waals surface area contributed by atoms with Crippen molar-refractivity contribution in [2.24, 2.45) is 0 Å². The van der Waals surface area contributed by atoms with E-state index >= 15 is 0 Å². The summed E-state index contributed by atoms with van der Waals surface area (Å²) < 4.78 is 34.2. The third-order valence-corrected chi connectivity index (χ3v) is 15.7. The highest BCUT2D eigenvalue weighted by molar-refractivity contribution is 5.76. The number of allylic oxidation sites excluding steroid dienone is 21. The predicted octanol–water partition coefficient (Wildman–Crippen LogP) is 8.21. The van der Waals surface area contributed by atoms with Gasteiger partial charge in [-0.05, 0) is 96.3 Å². The van der Waals surface area contributed by atoms with Crippen molar-refractivity contribution >= 4 is 5.91 Å². The van der Waals surface area contributed by atoms with Crippen LogP contribution in [0.5, 0.6) is 0 Å². The Morgan fingerprint density at radius 1 is 0.411 bits per heavy atom. The third-order valence-electron chi connectivity index (χ3n) is 15.7. The summed E-state index contributed by atoms with van der Waals surface area (Å²) in [5.74, 6) is -0.326. The molecule has 17 unspecified atom stereocenters. The molecule has 3 fully saturated rings. The van der Waals surface area contributed by atoms with Crippen molar-refractivity contribution in [1.29, 1.82) is 0 Å². The lowest BCUT2D eigenvalue weighted by molar-refractivity contribution is -0.379. The normalized spacial score (nSPS) is 28.9. The van der Waals surface area contributed by atoms with Crippen LogP contribution < -0.4 is 5.32 Å². The zero-order valence-electron chi connectivity index (χ0n) is 53.8. The smallest absolute Gasteiger partial charge is 0.220 e. The van der Waals surface area contributed by atoms with Crippen LogP contribution in [-0.2, 0) is 33.2 Å². The second-order valence-corrected chi connectivity index (χ2v) is 23.2. The highest BCUT2D eigenvalue weighted by Crippen LogP contribution is 2.33. The molecule has 3 aliphatic heterocycles. The van der Waals surface area contributed by atoms with Gasteiger partial charge in [-0.2, -0.15) is 0 Å². The van der Waals surface area contributed by atoms with Crippen molar-refractivity contribution in [3.63, 3.8) is 0 Å². The van der Waals surface area contributed by atoms with Gasteiger partial charge >= 0.3 is 0 Å². The summed E-state index contributed by atoms with van der Waals surface area (Å²) in [6.45, 7) is 1.53. The second-order valence-electron chi connectivity index (χ2n) is 23.2. The Morgan fingerprint density at radius 3 is 1.20 bits per heavy atom. The van der Waals surface area contributed by atoms with Gasteiger partial charge in [-0.15, -0.1) is 0 Å². The molecule has 17 atom stereocenters. The lowest BCUT2D eigenvalue weighted by Crippen LogP contribution is -2.66. The molecule has 3 aliphatic rings. The van der Waals surface area contributed by atoms with E-state index in [9.17, 15) is 61.0 Å². The van der Waals surface area contributed by atoms with E-state index in [-0.39, 0.29) is 18.9 Å². The zero-order chi connectivity index (χ0) is 65.4. The monoisotopic (exact) mass is 1270 g/mol. The summed E-state index contributed by atoms with van der Waals surface area (Å²) in [5, 5.41) is 120. The van der Waals surface area contributed by atoms with Crippen molar-refractivity contribution < 1.29 is 89.4 Å². The molecule has 3 saturated heterocycles. The van der Waals surface area contributed by atoms with Crippen LogP contribution in [0, 0.1) is 0 Å². The van der Waals surface area contributed by atoms with Crippen LogP contribution in [0.3, 0.4) is 0 Å². The summed E-state index contributed by atoms with van der Waals surface area (Å²) in [6.07, 6.45) is 44.4. The van der Waals surface area contributed by atoms with Crippen molar-refractivity contribution in [2.75, 3.05) is 26.4 Å². The third kappa shape index (κ3) is 33.2. The van der Waals surface area contributed by atoms with Gasteiger partial charge in [0, 0.05) is 6.42 Å². The Morgan fingerprint density at radius 2 is 0.767 bits per heavy atom. The van der Waals surface area contributed by atoms with Gasteiger partial charge in [0.2, 0.25) is 5.91 Å². The molecule has 19 nitrogen and oxygen atoms in total. The number of unbranched alkanes of at least 4 members (excludes halogenated alkanes) is 12. The summed E-state index contributed by atoms with van der Waals surface area (Å²) in [7, 11) is 0. The Labute approximate surface area is 537 Å². The van der Waals surface area contributed by atoms with E-state index in [1.54, 1.807) is 6.08 Å². The molecule has 0 aromatic heterocycles. The molecule has 12 N–H and O–H groups in total. The first-order chi connectivity index (χ1) is 43.8. The predicted molar refractivity (Wildman–Crippen MR) is 350 cm³/mol. The van der Waals surface area contributed by atoms with Crippen molar-refractivity contribution in [3.8, 4) is 0 Å². The molecule has 0 spiro atoms. The largest absolute Gasteiger partial charge is 0.394 e. The number of hydrogen-bond donors (Lipinski definition) is 12. The summed E-state index contributed by atoms with van der Waals surface area (Å²) in [6, 6.07) is -1.01. The summed E-state index contributed by atoms with van der Waals surface area (Å²) in [4.78, 5) is 13.3. The fraction of sp³-hybridized carbons (Fsp3) is 0.676. The fourth-order valence-corrected chi connectivity index (χ4v) is 10.3. The van der Waals surface area contributed by atoms with Gasteiger partial charge in [-0.1, -0.05) is 205 Å². The second kappa shape index (κ2) is 51.4. The highest BCUT2D eigenvalue weighted by atomic mass is 16.8. The molecule has 0 aromatic rings. The average molecular weight is 1270 g/mol. The maximum Gasteiger partial charge on any atom is 0.220 e. The number of aliphatic hydroxyl groups excluding tert-OH is 11.